The van der Waals surface area contributed by atoms with Gasteiger partial charge in [-0.05, 0) is 26.0 Å². The molecular weight excluding hydrogens is 266 g/mol. The molecule has 0 bridgehead atoms. The van der Waals surface area contributed by atoms with Crippen LogP contribution in [-0.4, -0.2) is 28.2 Å². The maximum atomic E-state index is 12.1. The number of hydrogen-bond acceptors (Lipinski definition) is 4. The second-order valence-corrected chi connectivity index (χ2v) is 5.35. The van der Waals surface area contributed by atoms with E-state index in [-0.39, 0.29) is 11.4 Å². The van der Waals surface area contributed by atoms with Crippen LogP contribution in [0.25, 0.3) is 0 Å². The fourth-order valence-corrected chi connectivity index (χ4v) is 2.63. The van der Waals surface area contributed by atoms with Crippen LogP contribution in [0.3, 0.4) is 0 Å². The molecule has 0 unspecified atom stereocenters. The molecule has 1 rings (SSSR count). The molecule has 0 aliphatic heterocycles. The minimum absolute atomic E-state index is 0.0714. The molecule has 0 amide bonds. The summed E-state index contributed by atoms with van der Waals surface area (Å²) in [5, 5.41) is 0. The van der Waals surface area contributed by atoms with Crippen molar-refractivity contribution in [2.24, 2.45) is 0 Å². The number of rotatable bonds is 8. The summed E-state index contributed by atoms with van der Waals surface area (Å²) in [6, 6.07) is 4.73. The number of sulfonamides is 1. The lowest BCUT2D eigenvalue weighted by molar-refractivity contribution is 0.322. The van der Waals surface area contributed by atoms with Crippen LogP contribution in [0, 0.1) is 0 Å². The summed E-state index contributed by atoms with van der Waals surface area (Å²) in [4.78, 5) is 0.0714. The maximum absolute atomic E-state index is 12.1. The first-order valence-corrected chi connectivity index (χ1v) is 7.53. The molecule has 0 atom stereocenters. The molecule has 6 heteroatoms. The quantitative estimate of drug-likeness (QED) is 0.741. The Morgan fingerprint density at radius 3 is 2.53 bits per heavy atom. The SMILES string of the molecule is C=CCNS(=O)(=O)c1cc(OCC)ccc1OCC. The summed E-state index contributed by atoms with van der Waals surface area (Å²) >= 11 is 0. The molecule has 1 aromatic carbocycles. The summed E-state index contributed by atoms with van der Waals surface area (Å²) in [5.74, 6) is 0.799. The molecule has 0 radical (unpaired) electrons. The van der Waals surface area contributed by atoms with Gasteiger partial charge < -0.3 is 9.47 Å². The lowest BCUT2D eigenvalue weighted by atomic mass is 10.3. The van der Waals surface area contributed by atoms with Crippen LogP contribution < -0.4 is 14.2 Å². The summed E-state index contributed by atoms with van der Waals surface area (Å²) in [5.41, 5.74) is 0. The Balaban J connectivity index is 3.19. The maximum Gasteiger partial charge on any atom is 0.244 e. The van der Waals surface area contributed by atoms with E-state index in [1.807, 2.05) is 6.92 Å². The van der Waals surface area contributed by atoms with Gasteiger partial charge in [-0.2, -0.15) is 0 Å². The van der Waals surface area contributed by atoms with Gasteiger partial charge in [-0.15, -0.1) is 6.58 Å². The highest BCUT2D eigenvalue weighted by Crippen LogP contribution is 2.28. The molecule has 1 N–H and O–H groups in total. The average Bonchev–Trinajstić information content (AvgIpc) is 2.39. The van der Waals surface area contributed by atoms with E-state index < -0.39 is 10.0 Å². The van der Waals surface area contributed by atoms with E-state index in [2.05, 4.69) is 11.3 Å². The number of nitrogens with one attached hydrogen (secondary N) is 1. The van der Waals surface area contributed by atoms with Crippen LogP contribution in [0.15, 0.2) is 35.7 Å². The fraction of sp³-hybridized carbons (Fsp3) is 0.385. The van der Waals surface area contributed by atoms with Crippen LogP contribution in [0.1, 0.15) is 13.8 Å². The lowest BCUT2D eigenvalue weighted by Crippen LogP contribution is -2.24. The van der Waals surface area contributed by atoms with Crippen molar-refractivity contribution in [1.29, 1.82) is 0 Å². The Kier molecular flexibility index (Phi) is 5.85. The van der Waals surface area contributed by atoms with Crippen LogP contribution >= 0.6 is 0 Å². The van der Waals surface area contributed by atoms with E-state index in [0.29, 0.717) is 24.7 Å². The van der Waals surface area contributed by atoms with Gasteiger partial charge in [-0.1, -0.05) is 6.08 Å². The highest BCUT2D eigenvalue weighted by Gasteiger charge is 2.20. The average molecular weight is 285 g/mol. The van der Waals surface area contributed by atoms with E-state index in [0.717, 1.165) is 0 Å². The van der Waals surface area contributed by atoms with Gasteiger partial charge >= 0.3 is 0 Å². The van der Waals surface area contributed by atoms with Crippen molar-refractivity contribution >= 4 is 10.0 Å². The van der Waals surface area contributed by atoms with Crippen molar-refractivity contribution in [3.8, 4) is 11.5 Å². The van der Waals surface area contributed by atoms with E-state index in [4.69, 9.17) is 9.47 Å². The van der Waals surface area contributed by atoms with Gasteiger partial charge in [0, 0.05) is 12.6 Å². The molecular formula is C13H19NO4S. The van der Waals surface area contributed by atoms with Gasteiger partial charge in [0.25, 0.3) is 0 Å². The number of hydrogen-bond donors (Lipinski definition) is 1. The molecule has 19 heavy (non-hydrogen) atoms. The fourth-order valence-electron chi connectivity index (χ4n) is 1.48. The summed E-state index contributed by atoms with van der Waals surface area (Å²) in [6.45, 7) is 8.12. The van der Waals surface area contributed by atoms with Gasteiger partial charge in [-0.25, -0.2) is 13.1 Å². The predicted octanol–water partition coefficient (Wildman–Crippen LogP) is 1.95. The third kappa shape index (κ3) is 4.25. The molecule has 0 saturated heterocycles. The Bertz CT molecular complexity index is 525. The third-order valence-corrected chi connectivity index (χ3v) is 3.68. The normalized spacial score (nSPS) is 11.1. The van der Waals surface area contributed by atoms with Gasteiger partial charge in [-0.3, -0.25) is 0 Å². The van der Waals surface area contributed by atoms with E-state index in [1.165, 1.54) is 12.1 Å². The zero-order valence-electron chi connectivity index (χ0n) is 11.2. The van der Waals surface area contributed by atoms with E-state index in [1.54, 1.807) is 19.1 Å². The second-order valence-electron chi connectivity index (χ2n) is 3.62. The predicted molar refractivity (Wildman–Crippen MR) is 74.2 cm³/mol. The highest BCUT2D eigenvalue weighted by molar-refractivity contribution is 7.89. The first kappa shape index (κ1) is 15.5. The van der Waals surface area contributed by atoms with Crippen molar-refractivity contribution in [3.05, 3.63) is 30.9 Å². The topological polar surface area (TPSA) is 64.6 Å². The molecule has 0 aliphatic rings. The number of ether oxygens (including phenoxy) is 2. The van der Waals surface area contributed by atoms with E-state index in [9.17, 15) is 8.42 Å². The van der Waals surface area contributed by atoms with Gasteiger partial charge in [0.15, 0.2) is 0 Å². The zero-order chi connectivity index (χ0) is 14.3. The van der Waals surface area contributed by atoms with Crippen LogP contribution in [-0.2, 0) is 10.0 Å². The highest BCUT2D eigenvalue weighted by atomic mass is 32.2. The molecule has 0 heterocycles. The van der Waals surface area contributed by atoms with Gasteiger partial charge in [0.05, 0.1) is 13.2 Å². The molecule has 106 valence electrons. The lowest BCUT2D eigenvalue weighted by Gasteiger charge is -2.13. The monoisotopic (exact) mass is 285 g/mol. The minimum atomic E-state index is -3.64. The standard InChI is InChI=1S/C13H19NO4S/c1-4-9-14-19(15,16)13-10-11(17-5-2)7-8-12(13)18-6-3/h4,7-8,10,14H,1,5-6,9H2,2-3H3. The molecule has 5 nitrogen and oxygen atoms in total. The molecule has 0 fully saturated rings. The van der Waals surface area contributed by atoms with Gasteiger partial charge in [0.1, 0.15) is 16.4 Å². The Labute approximate surface area is 114 Å². The molecule has 1 aromatic rings. The van der Waals surface area contributed by atoms with Crippen molar-refractivity contribution in [2.45, 2.75) is 18.7 Å². The summed E-state index contributed by atoms with van der Waals surface area (Å²) in [6.07, 6.45) is 1.48. The smallest absolute Gasteiger partial charge is 0.244 e. The van der Waals surface area contributed by atoms with E-state index >= 15 is 0 Å². The van der Waals surface area contributed by atoms with Gasteiger partial charge in [0.2, 0.25) is 10.0 Å². The zero-order valence-corrected chi connectivity index (χ0v) is 12.0. The summed E-state index contributed by atoms with van der Waals surface area (Å²) < 4.78 is 37.4. The van der Waals surface area contributed by atoms with Crippen molar-refractivity contribution < 1.29 is 17.9 Å². The minimum Gasteiger partial charge on any atom is -0.494 e. The first-order valence-electron chi connectivity index (χ1n) is 6.05. The Morgan fingerprint density at radius 1 is 1.26 bits per heavy atom. The first-order chi connectivity index (χ1) is 9.05. The van der Waals surface area contributed by atoms with Crippen molar-refractivity contribution in [3.63, 3.8) is 0 Å². The second kappa shape index (κ2) is 7.16. The molecule has 0 spiro atoms. The van der Waals surface area contributed by atoms with Crippen molar-refractivity contribution in [1.82, 2.24) is 4.72 Å². The molecule has 0 saturated carbocycles. The third-order valence-electron chi connectivity index (χ3n) is 2.23. The number of benzene rings is 1. The molecule has 0 aromatic heterocycles. The molecule has 0 aliphatic carbocycles. The Morgan fingerprint density at radius 2 is 1.95 bits per heavy atom. The summed E-state index contributed by atoms with van der Waals surface area (Å²) in [7, 11) is -3.64. The van der Waals surface area contributed by atoms with Crippen molar-refractivity contribution in [2.75, 3.05) is 19.8 Å². The van der Waals surface area contributed by atoms with Crippen LogP contribution in [0.2, 0.25) is 0 Å². The van der Waals surface area contributed by atoms with Crippen LogP contribution in [0.5, 0.6) is 11.5 Å². The van der Waals surface area contributed by atoms with Crippen LogP contribution in [0.4, 0.5) is 0 Å². The Hall–Kier alpha value is -1.53. The largest absolute Gasteiger partial charge is 0.494 e.